The molecule has 7 nitrogen and oxygen atoms in total. The highest BCUT2D eigenvalue weighted by atomic mass is 19.4. The maximum atomic E-state index is 12.2. The molecule has 0 aliphatic carbocycles. The summed E-state index contributed by atoms with van der Waals surface area (Å²) in [6.07, 6.45) is -2.99. The normalized spacial score (nSPS) is 12.2. The zero-order chi connectivity index (χ0) is 20.0. The van der Waals surface area contributed by atoms with E-state index in [0.29, 0.717) is 19.0 Å². The SMILES string of the molecule is CN=C(NCc1ccnc(OCC(F)(F)F)c1)NCc1c(C)nn(C)c1C. The molecule has 0 amide bonds. The number of hydrogen-bond acceptors (Lipinski definition) is 4. The smallest absolute Gasteiger partial charge is 0.422 e. The maximum absolute atomic E-state index is 12.2. The Balaban J connectivity index is 1.90. The number of nitrogens with one attached hydrogen (secondary N) is 2. The van der Waals surface area contributed by atoms with Gasteiger partial charge in [0.1, 0.15) is 0 Å². The Morgan fingerprint density at radius 1 is 1.26 bits per heavy atom. The maximum Gasteiger partial charge on any atom is 0.422 e. The molecule has 0 fully saturated rings. The van der Waals surface area contributed by atoms with Crippen LogP contribution >= 0.6 is 0 Å². The van der Waals surface area contributed by atoms with Crippen molar-refractivity contribution in [2.75, 3.05) is 13.7 Å². The number of guanidine groups is 1. The third-order valence-corrected chi connectivity index (χ3v) is 3.96. The van der Waals surface area contributed by atoms with Gasteiger partial charge in [0, 0.05) is 50.7 Å². The summed E-state index contributed by atoms with van der Waals surface area (Å²) < 4.78 is 43.2. The van der Waals surface area contributed by atoms with Crippen molar-refractivity contribution in [2.24, 2.45) is 12.0 Å². The molecule has 2 N–H and O–H groups in total. The standard InChI is InChI=1S/C17H23F3N6O/c1-11-14(12(2)26(4)25-11)9-24-16(21-3)23-8-13-5-6-22-15(7-13)27-10-17(18,19)20/h5-7H,8-10H2,1-4H3,(H2,21,23,24). The van der Waals surface area contributed by atoms with Gasteiger partial charge in [-0.3, -0.25) is 9.67 Å². The van der Waals surface area contributed by atoms with Gasteiger partial charge in [-0.2, -0.15) is 18.3 Å². The highest BCUT2D eigenvalue weighted by Crippen LogP contribution is 2.17. The molecule has 2 rings (SSSR count). The third-order valence-electron chi connectivity index (χ3n) is 3.96. The Morgan fingerprint density at radius 3 is 2.56 bits per heavy atom. The minimum absolute atomic E-state index is 0.0730. The average Bonchev–Trinajstić information content (AvgIpc) is 2.85. The lowest BCUT2D eigenvalue weighted by Crippen LogP contribution is -2.36. The van der Waals surface area contributed by atoms with Gasteiger partial charge in [0.05, 0.1) is 5.69 Å². The topological polar surface area (TPSA) is 76.4 Å². The number of aliphatic imine (C=N–C) groups is 1. The zero-order valence-electron chi connectivity index (χ0n) is 15.7. The van der Waals surface area contributed by atoms with E-state index in [9.17, 15) is 13.2 Å². The first kappa shape index (κ1) is 20.5. The Hall–Kier alpha value is -2.78. The van der Waals surface area contributed by atoms with Gasteiger partial charge in [0.25, 0.3) is 0 Å². The molecule has 0 bridgehead atoms. The number of aryl methyl sites for hydroxylation is 2. The van der Waals surface area contributed by atoms with Crippen LogP contribution in [0, 0.1) is 13.8 Å². The predicted molar refractivity (Wildman–Crippen MR) is 95.5 cm³/mol. The summed E-state index contributed by atoms with van der Waals surface area (Å²) in [4.78, 5) is 7.93. The number of halogens is 3. The fourth-order valence-electron chi connectivity index (χ4n) is 2.45. The summed E-state index contributed by atoms with van der Waals surface area (Å²) in [5.74, 6) is 0.489. The predicted octanol–water partition coefficient (Wildman–Crippen LogP) is 2.24. The van der Waals surface area contributed by atoms with E-state index in [4.69, 9.17) is 0 Å². The molecule has 0 saturated carbocycles. The minimum atomic E-state index is -4.40. The lowest BCUT2D eigenvalue weighted by Gasteiger charge is -2.13. The number of nitrogens with zero attached hydrogens (tertiary/aromatic N) is 4. The van der Waals surface area contributed by atoms with Crippen LogP contribution in [-0.4, -0.2) is 40.6 Å². The van der Waals surface area contributed by atoms with Crippen molar-refractivity contribution in [2.45, 2.75) is 33.1 Å². The number of alkyl halides is 3. The Labute approximate surface area is 155 Å². The number of rotatable bonds is 6. The van der Waals surface area contributed by atoms with Gasteiger partial charge in [-0.1, -0.05) is 0 Å². The Kier molecular flexibility index (Phi) is 6.65. The fourth-order valence-corrected chi connectivity index (χ4v) is 2.45. The molecule has 0 aliphatic heterocycles. The average molecular weight is 384 g/mol. The molecule has 0 spiro atoms. The molecule has 148 valence electrons. The van der Waals surface area contributed by atoms with Crippen molar-refractivity contribution in [3.63, 3.8) is 0 Å². The van der Waals surface area contributed by atoms with E-state index in [-0.39, 0.29) is 5.88 Å². The molecule has 2 heterocycles. The van der Waals surface area contributed by atoms with E-state index in [1.807, 2.05) is 25.6 Å². The van der Waals surface area contributed by atoms with E-state index >= 15 is 0 Å². The molecule has 0 saturated heterocycles. The zero-order valence-corrected chi connectivity index (χ0v) is 15.7. The number of hydrogen-bond donors (Lipinski definition) is 2. The summed E-state index contributed by atoms with van der Waals surface area (Å²) in [5.41, 5.74) is 3.82. The highest BCUT2D eigenvalue weighted by molar-refractivity contribution is 5.79. The van der Waals surface area contributed by atoms with Crippen LogP contribution < -0.4 is 15.4 Å². The van der Waals surface area contributed by atoms with Crippen molar-refractivity contribution < 1.29 is 17.9 Å². The first-order valence-corrected chi connectivity index (χ1v) is 8.27. The highest BCUT2D eigenvalue weighted by Gasteiger charge is 2.28. The molecule has 27 heavy (non-hydrogen) atoms. The second-order valence-electron chi connectivity index (χ2n) is 5.96. The van der Waals surface area contributed by atoms with Crippen LogP contribution in [0.25, 0.3) is 0 Å². The third kappa shape index (κ3) is 6.15. The number of ether oxygens (including phenoxy) is 1. The monoisotopic (exact) mass is 384 g/mol. The number of pyridine rings is 1. The van der Waals surface area contributed by atoms with Crippen LogP contribution in [0.4, 0.5) is 13.2 Å². The molecule has 0 atom stereocenters. The Morgan fingerprint density at radius 2 is 1.96 bits per heavy atom. The molecule has 2 aromatic heterocycles. The van der Waals surface area contributed by atoms with Crippen LogP contribution in [0.1, 0.15) is 22.5 Å². The lowest BCUT2D eigenvalue weighted by atomic mass is 10.2. The van der Waals surface area contributed by atoms with Gasteiger partial charge >= 0.3 is 6.18 Å². The molecule has 0 unspecified atom stereocenters. The summed E-state index contributed by atoms with van der Waals surface area (Å²) in [6, 6.07) is 3.15. The van der Waals surface area contributed by atoms with Crippen molar-refractivity contribution >= 4 is 5.96 Å². The molecule has 0 aliphatic rings. The second kappa shape index (κ2) is 8.74. The van der Waals surface area contributed by atoms with Crippen LogP contribution in [0.2, 0.25) is 0 Å². The van der Waals surface area contributed by atoms with Crippen molar-refractivity contribution in [3.8, 4) is 5.88 Å². The van der Waals surface area contributed by atoms with E-state index in [0.717, 1.165) is 22.5 Å². The van der Waals surface area contributed by atoms with Gasteiger partial charge in [0.15, 0.2) is 12.6 Å². The molecule has 2 aromatic rings. The second-order valence-corrected chi connectivity index (χ2v) is 5.96. The molecular weight excluding hydrogens is 361 g/mol. The first-order chi connectivity index (χ1) is 12.7. The molecule has 0 aromatic carbocycles. The van der Waals surface area contributed by atoms with Gasteiger partial charge in [-0.05, 0) is 25.5 Å². The summed E-state index contributed by atoms with van der Waals surface area (Å²) in [5, 5.41) is 10.7. The van der Waals surface area contributed by atoms with Gasteiger partial charge < -0.3 is 15.4 Å². The first-order valence-electron chi connectivity index (χ1n) is 8.27. The summed E-state index contributed by atoms with van der Waals surface area (Å²) in [6.45, 7) is 3.48. The van der Waals surface area contributed by atoms with Crippen LogP contribution in [-0.2, 0) is 20.1 Å². The number of aromatic nitrogens is 3. The van der Waals surface area contributed by atoms with Gasteiger partial charge in [-0.25, -0.2) is 4.98 Å². The molecule has 10 heteroatoms. The minimum Gasteiger partial charge on any atom is -0.468 e. The van der Waals surface area contributed by atoms with E-state index in [1.165, 1.54) is 12.3 Å². The van der Waals surface area contributed by atoms with Gasteiger partial charge in [0.2, 0.25) is 5.88 Å². The van der Waals surface area contributed by atoms with Crippen molar-refractivity contribution in [3.05, 3.63) is 40.8 Å². The van der Waals surface area contributed by atoms with Crippen LogP contribution in [0.3, 0.4) is 0 Å². The molecule has 0 radical (unpaired) electrons. The van der Waals surface area contributed by atoms with Crippen molar-refractivity contribution in [1.82, 2.24) is 25.4 Å². The molecular formula is C17H23F3N6O. The Bertz CT molecular complexity index is 800. The van der Waals surface area contributed by atoms with E-state index in [2.05, 4.69) is 30.4 Å². The van der Waals surface area contributed by atoms with E-state index < -0.39 is 12.8 Å². The van der Waals surface area contributed by atoms with Crippen LogP contribution in [0.15, 0.2) is 23.3 Å². The van der Waals surface area contributed by atoms with E-state index in [1.54, 1.807) is 13.1 Å². The summed E-state index contributed by atoms with van der Waals surface area (Å²) >= 11 is 0. The van der Waals surface area contributed by atoms with Gasteiger partial charge in [-0.15, -0.1) is 0 Å². The lowest BCUT2D eigenvalue weighted by molar-refractivity contribution is -0.154. The summed E-state index contributed by atoms with van der Waals surface area (Å²) in [7, 11) is 3.53. The van der Waals surface area contributed by atoms with Crippen molar-refractivity contribution in [1.29, 1.82) is 0 Å². The van der Waals surface area contributed by atoms with Crippen LogP contribution in [0.5, 0.6) is 5.88 Å². The largest absolute Gasteiger partial charge is 0.468 e. The fraction of sp³-hybridized carbons (Fsp3) is 0.471. The quantitative estimate of drug-likeness (QED) is 0.590.